The summed E-state index contributed by atoms with van der Waals surface area (Å²) in [7, 11) is 4.14. The second-order valence-electron chi connectivity index (χ2n) is 12.4. The summed E-state index contributed by atoms with van der Waals surface area (Å²) in [5, 5.41) is 3.13. The molecule has 3 aromatic rings. The molecule has 1 saturated carbocycles. The first-order valence-electron chi connectivity index (χ1n) is 15.0. The maximum absolute atomic E-state index is 13.2. The van der Waals surface area contributed by atoms with Crippen LogP contribution in [0.25, 0.3) is 0 Å². The molecule has 0 radical (unpaired) electrons. The SMILES string of the molecule is CN1CCCC(N)(c2ccccc2)C1.CN1CCCC(NC(=O)c2cnc(C(F)(F)F)nc2C2CC2)(c2ccccc2)C1. The third-order valence-electron chi connectivity index (χ3n) is 8.71. The average molecular weight is 595 g/mol. The van der Waals surface area contributed by atoms with Gasteiger partial charge in [0.1, 0.15) is 0 Å². The van der Waals surface area contributed by atoms with Crippen LogP contribution < -0.4 is 11.1 Å². The van der Waals surface area contributed by atoms with Crippen LogP contribution >= 0.6 is 0 Å². The molecule has 6 rings (SSSR count). The molecule has 43 heavy (non-hydrogen) atoms. The first-order valence-corrected chi connectivity index (χ1v) is 15.0. The lowest BCUT2D eigenvalue weighted by molar-refractivity contribution is -0.145. The number of rotatable bonds is 5. The lowest BCUT2D eigenvalue weighted by Gasteiger charge is -2.42. The van der Waals surface area contributed by atoms with E-state index in [-0.39, 0.29) is 22.7 Å². The van der Waals surface area contributed by atoms with Crippen LogP contribution in [0.4, 0.5) is 13.2 Å². The summed E-state index contributed by atoms with van der Waals surface area (Å²) in [5.74, 6) is -1.72. The van der Waals surface area contributed by atoms with Crippen LogP contribution in [0, 0.1) is 0 Å². The lowest BCUT2D eigenvalue weighted by atomic mass is 9.82. The number of halogens is 3. The van der Waals surface area contributed by atoms with Gasteiger partial charge in [0.25, 0.3) is 5.91 Å². The third-order valence-corrected chi connectivity index (χ3v) is 8.71. The van der Waals surface area contributed by atoms with Gasteiger partial charge in [0.05, 0.1) is 22.3 Å². The highest BCUT2D eigenvalue weighted by Crippen LogP contribution is 2.42. The van der Waals surface area contributed by atoms with Gasteiger partial charge in [-0.25, -0.2) is 9.97 Å². The Kier molecular flexibility index (Phi) is 9.20. The Morgan fingerprint density at radius 1 is 0.907 bits per heavy atom. The number of nitrogens with one attached hydrogen (secondary N) is 1. The molecule has 3 fully saturated rings. The number of hydrogen-bond acceptors (Lipinski definition) is 6. The van der Waals surface area contributed by atoms with Crippen molar-refractivity contribution in [2.24, 2.45) is 5.73 Å². The monoisotopic (exact) mass is 594 g/mol. The maximum atomic E-state index is 13.2. The van der Waals surface area contributed by atoms with Crippen LogP contribution in [-0.4, -0.2) is 65.9 Å². The predicted molar refractivity (Wildman–Crippen MR) is 160 cm³/mol. The van der Waals surface area contributed by atoms with Crippen LogP contribution in [0.5, 0.6) is 0 Å². The van der Waals surface area contributed by atoms with Gasteiger partial charge in [-0.3, -0.25) is 4.79 Å². The minimum absolute atomic E-state index is 0.110. The van der Waals surface area contributed by atoms with Crippen molar-refractivity contribution >= 4 is 5.91 Å². The van der Waals surface area contributed by atoms with Crippen molar-refractivity contribution in [2.45, 2.75) is 61.7 Å². The standard InChI is InChI=1S/C21H23F3N4O.C12H18N2/c1-28-11-5-10-20(13-28,15-6-3-2-4-7-15)27-18(29)16-12-25-19(21(22,23)24)26-17(16)14-8-9-14;1-14-9-5-8-12(13,10-14)11-6-3-2-4-7-11/h2-4,6-7,12,14H,5,8-11,13H2,1H3,(H,27,29);2-4,6-7H,5,8-10,13H2,1H3. The molecule has 230 valence electrons. The van der Waals surface area contributed by atoms with Gasteiger partial charge in [-0.15, -0.1) is 0 Å². The van der Waals surface area contributed by atoms with Gasteiger partial charge in [-0.2, -0.15) is 13.2 Å². The summed E-state index contributed by atoms with van der Waals surface area (Å²) in [5.41, 5.74) is 8.30. The molecule has 2 unspecified atom stereocenters. The van der Waals surface area contributed by atoms with E-state index in [1.807, 2.05) is 43.4 Å². The van der Waals surface area contributed by atoms with Crippen LogP contribution in [0.2, 0.25) is 0 Å². The fourth-order valence-electron chi connectivity index (χ4n) is 6.41. The molecular formula is C33H41F3N6O. The van der Waals surface area contributed by atoms with E-state index in [0.29, 0.717) is 6.54 Å². The normalized spacial score (nSPS) is 25.0. The average Bonchev–Trinajstić information content (AvgIpc) is 3.83. The van der Waals surface area contributed by atoms with E-state index in [0.717, 1.165) is 57.0 Å². The highest BCUT2D eigenvalue weighted by molar-refractivity contribution is 5.96. The lowest BCUT2D eigenvalue weighted by Crippen LogP contribution is -2.55. The minimum atomic E-state index is -4.63. The number of nitrogens with zero attached hydrogens (tertiary/aromatic N) is 4. The first-order chi connectivity index (χ1) is 20.5. The van der Waals surface area contributed by atoms with Crippen LogP contribution in [-0.2, 0) is 17.3 Å². The largest absolute Gasteiger partial charge is 0.451 e. The van der Waals surface area contributed by atoms with Crippen molar-refractivity contribution in [3.05, 3.63) is 95.1 Å². The topological polar surface area (TPSA) is 87.4 Å². The molecule has 2 aromatic carbocycles. The molecule has 1 aromatic heterocycles. The summed E-state index contributed by atoms with van der Waals surface area (Å²) in [6.45, 7) is 3.70. The molecule has 1 aliphatic carbocycles. The molecule has 3 heterocycles. The number of alkyl halides is 3. The summed E-state index contributed by atoms with van der Waals surface area (Å²) in [6.07, 6.45) is 1.84. The van der Waals surface area contributed by atoms with Gasteiger partial charge in [-0.05, 0) is 76.8 Å². The van der Waals surface area contributed by atoms with Gasteiger partial charge in [0.2, 0.25) is 5.82 Å². The summed E-state index contributed by atoms with van der Waals surface area (Å²) in [4.78, 5) is 24.9. The fraction of sp³-hybridized carbons (Fsp3) is 0.485. The van der Waals surface area contributed by atoms with Gasteiger partial charge in [-0.1, -0.05) is 60.7 Å². The number of nitrogens with two attached hydrogens (primary N) is 1. The number of hydrogen-bond donors (Lipinski definition) is 2. The molecule has 0 bridgehead atoms. The van der Waals surface area contributed by atoms with Gasteiger partial charge in [0, 0.05) is 25.2 Å². The number of carbonyl (C=O) groups is 1. The second kappa shape index (κ2) is 12.7. The molecule has 2 aliphatic heterocycles. The molecule has 2 saturated heterocycles. The molecule has 2 atom stereocenters. The Labute approximate surface area is 251 Å². The van der Waals surface area contributed by atoms with E-state index < -0.39 is 23.4 Å². The number of benzene rings is 2. The van der Waals surface area contributed by atoms with E-state index in [9.17, 15) is 18.0 Å². The van der Waals surface area contributed by atoms with Gasteiger partial charge < -0.3 is 20.9 Å². The smallest absolute Gasteiger partial charge is 0.341 e. The van der Waals surface area contributed by atoms with E-state index >= 15 is 0 Å². The van der Waals surface area contributed by atoms with Crippen molar-refractivity contribution in [2.75, 3.05) is 40.3 Å². The number of likely N-dealkylation sites (tertiary alicyclic amines) is 2. The second-order valence-corrected chi connectivity index (χ2v) is 12.4. The van der Waals surface area contributed by atoms with Crippen molar-refractivity contribution in [1.29, 1.82) is 0 Å². The Bertz CT molecular complexity index is 1380. The van der Waals surface area contributed by atoms with Crippen LogP contribution in [0.3, 0.4) is 0 Å². The van der Waals surface area contributed by atoms with E-state index in [1.165, 1.54) is 18.5 Å². The summed E-state index contributed by atoms with van der Waals surface area (Å²) in [6, 6.07) is 20.2. The zero-order chi connectivity index (χ0) is 30.7. The van der Waals surface area contributed by atoms with Gasteiger partial charge >= 0.3 is 6.18 Å². The number of aromatic nitrogens is 2. The highest BCUT2D eigenvalue weighted by atomic mass is 19.4. The molecule has 1 amide bonds. The Balaban J connectivity index is 0.000000220. The van der Waals surface area contributed by atoms with E-state index in [2.05, 4.69) is 56.4 Å². The molecule has 3 N–H and O–H groups in total. The van der Waals surface area contributed by atoms with Crippen LogP contribution in [0.15, 0.2) is 66.9 Å². The van der Waals surface area contributed by atoms with Crippen LogP contribution in [0.1, 0.15) is 77.4 Å². The van der Waals surface area contributed by atoms with Crippen molar-refractivity contribution in [1.82, 2.24) is 25.1 Å². The number of amides is 1. The zero-order valence-corrected chi connectivity index (χ0v) is 24.9. The number of piperidine rings is 2. The Hall–Kier alpha value is -3.34. The molecular weight excluding hydrogens is 553 g/mol. The number of carbonyl (C=O) groups excluding carboxylic acids is 1. The van der Waals surface area contributed by atoms with Gasteiger partial charge in [0.15, 0.2) is 0 Å². The number of likely N-dealkylation sites (N-methyl/N-ethyl adjacent to an activating group) is 2. The molecule has 7 nitrogen and oxygen atoms in total. The van der Waals surface area contributed by atoms with Crippen molar-refractivity contribution < 1.29 is 18.0 Å². The van der Waals surface area contributed by atoms with E-state index in [4.69, 9.17) is 5.73 Å². The first kappa shape index (κ1) is 31.1. The fourth-order valence-corrected chi connectivity index (χ4v) is 6.41. The Morgan fingerprint density at radius 3 is 2.05 bits per heavy atom. The molecule has 10 heteroatoms. The summed E-state index contributed by atoms with van der Waals surface area (Å²) >= 11 is 0. The van der Waals surface area contributed by atoms with E-state index in [1.54, 1.807) is 0 Å². The summed E-state index contributed by atoms with van der Waals surface area (Å²) < 4.78 is 39.2. The highest BCUT2D eigenvalue weighted by Gasteiger charge is 2.41. The third kappa shape index (κ3) is 7.42. The van der Waals surface area contributed by atoms with Crippen molar-refractivity contribution in [3.63, 3.8) is 0 Å². The maximum Gasteiger partial charge on any atom is 0.451 e. The zero-order valence-electron chi connectivity index (χ0n) is 24.9. The Morgan fingerprint density at radius 2 is 1.49 bits per heavy atom. The molecule has 0 spiro atoms. The van der Waals surface area contributed by atoms with Crippen molar-refractivity contribution in [3.8, 4) is 0 Å². The predicted octanol–water partition coefficient (Wildman–Crippen LogP) is 5.29. The minimum Gasteiger partial charge on any atom is -0.341 e. The quantitative estimate of drug-likeness (QED) is 0.418. The molecule has 3 aliphatic rings.